The normalized spacial score (nSPS) is 25.7. The minimum atomic E-state index is -0.319. The number of rotatable bonds is 6. The molecule has 3 rings (SSSR count). The maximum atomic E-state index is 11.2. The Morgan fingerprint density at radius 1 is 1.30 bits per heavy atom. The molecule has 3 atom stereocenters. The quantitative estimate of drug-likeness (QED) is 0.818. The largest absolute Gasteiger partial charge is 0.449 e. The van der Waals surface area contributed by atoms with Crippen molar-refractivity contribution in [2.75, 3.05) is 13.7 Å². The summed E-state index contributed by atoms with van der Waals surface area (Å²) in [5.41, 5.74) is 2.54. The summed E-state index contributed by atoms with van der Waals surface area (Å²) in [6, 6.07) is 0. The van der Waals surface area contributed by atoms with Gasteiger partial charge in [0, 0.05) is 13.6 Å². The first-order valence-electron chi connectivity index (χ1n) is 9.00. The average molecular weight is 320 g/mol. The van der Waals surface area contributed by atoms with E-state index in [9.17, 15) is 4.79 Å². The van der Waals surface area contributed by atoms with Crippen molar-refractivity contribution in [2.45, 2.75) is 58.4 Å². The number of hydrogen-bond acceptors (Lipinski definition) is 4. The lowest BCUT2D eigenvalue weighted by molar-refractivity contribution is 0.139. The van der Waals surface area contributed by atoms with Gasteiger partial charge in [0.25, 0.3) is 0 Å². The van der Waals surface area contributed by atoms with Crippen molar-refractivity contribution in [1.82, 2.24) is 20.3 Å². The van der Waals surface area contributed by atoms with Crippen LogP contribution in [0.5, 0.6) is 0 Å². The highest BCUT2D eigenvalue weighted by Gasteiger charge is 2.50. The second-order valence-electron chi connectivity index (χ2n) is 6.83. The number of alkyl carbamates (subject to hydrolysis) is 1. The molecule has 0 unspecified atom stereocenters. The van der Waals surface area contributed by atoms with Crippen molar-refractivity contribution in [2.24, 2.45) is 17.8 Å². The third-order valence-corrected chi connectivity index (χ3v) is 5.44. The molecule has 6 nitrogen and oxygen atoms in total. The lowest BCUT2D eigenvalue weighted by atomic mass is 10.0. The number of carbonyl (C=O) groups excluding carboxylic acids is 1. The van der Waals surface area contributed by atoms with Crippen molar-refractivity contribution < 1.29 is 9.53 Å². The van der Waals surface area contributed by atoms with Crippen molar-refractivity contribution in [3.8, 4) is 0 Å². The molecule has 1 N–H and O–H groups in total. The van der Waals surface area contributed by atoms with Gasteiger partial charge in [-0.25, -0.2) is 9.48 Å². The third-order valence-electron chi connectivity index (χ3n) is 5.44. The molecule has 0 spiro atoms. The number of nitrogens with zero attached hydrogens (tertiary/aromatic N) is 3. The molecule has 1 fully saturated rings. The van der Waals surface area contributed by atoms with E-state index in [4.69, 9.17) is 4.74 Å². The second-order valence-corrected chi connectivity index (χ2v) is 6.83. The van der Waals surface area contributed by atoms with Gasteiger partial charge >= 0.3 is 6.09 Å². The van der Waals surface area contributed by atoms with Crippen LogP contribution in [0.15, 0.2) is 0 Å². The number of aryl methyl sites for hydroxylation is 2. The first-order chi connectivity index (χ1) is 11.2. The molecule has 1 saturated carbocycles. The van der Waals surface area contributed by atoms with Gasteiger partial charge in [-0.2, -0.15) is 0 Å². The molecule has 2 aliphatic rings. The minimum absolute atomic E-state index is 0.319. The first kappa shape index (κ1) is 16.3. The fourth-order valence-electron chi connectivity index (χ4n) is 4.01. The van der Waals surface area contributed by atoms with Gasteiger partial charge in [0.1, 0.15) is 0 Å². The molecule has 6 heteroatoms. The highest BCUT2D eigenvalue weighted by molar-refractivity contribution is 5.66. The van der Waals surface area contributed by atoms with E-state index in [2.05, 4.69) is 27.2 Å². The molecule has 1 heterocycles. The fourth-order valence-corrected chi connectivity index (χ4v) is 4.01. The molecular formula is C17H28N4O2. The van der Waals surface area contributed by atoms with E-state index in [1.54, 1.807) is 7.05 Å². The second kappa shape index (κ2) is 7.32. The summed E-state index contributed by atoms with van der Waals surface area (Å²) in [6.45, 7) is 3.77. The Labute approximate surface area is 138 Å². The van der Waals surface area contributed by atoms with E-state index in [1.807, 2.05) is 0 Å². The van der Waals surface area contributed by atoms with Crippen LogP contribution in [-0.2, 0) is 24.1 Å². The molecule has 0 saturated heterocycles. The standard InChI is InChI=1S/C17H28N4O2/c1-3-4-5-10-21-16-9-7-13-12(6-8-15(16)19-20-21)14(13)11-23-17(22)18-2/h12-14H,3-11H2,1-2H3,(H,18,22)/t12-,13+,14-/m0/s1. The molecule has 128 valence electrons. The third kappa shape index (κ3) is 3.67. The Hall–Kier alpha value is -1.59. The molecule has 0 radical (unpaired) electrons. The molecule has 1 aromatic rings. The molecular weight excluding hydrogens is 292 g/mol. The van der Waals surface area contributed by atoms with Crippen LogP contribution in [0, 0.1) is 17.8 Å². The summed E-state index contributed by atoms with van der Waals surface area (Å²) in [7, 11) is 1.60. The van der Waals surface area contributed by atoms with E-state index >= 15 is 0 Å². The van der Waals surface area contributed by atoms with E-state index in [-0.39, 0.29) is 6.09 Å². The molecule has 1 aromatic heterocycles. The Bertz CT molecular complexity index is 543. The van der Waals surface area contributed by atoms with Gasteiger partial charge in [-0.1, -0.05) is 25.0 Å². The Kier molecular flexibility index (Phi) is 5.18. The summed E-state index contributed by atoms with van der Waals surface area (Å²) in [6.07, 6.45) is 7.73. The van der Waals surface area contributed by atoms with Gasteiger partial charge < -0.3 is 10.1 Å². The van der Waals surface area contributed by atoms with Gasteiger partial charge in [-0.3, -0.25) is 0 Å². The number of fused-ring (bicyclic) bond motifs is 2. The van der Waals surface area contributed by atoms with Crippen LogP contribution in [0.1, 0.15) is 50.4 Å². The van der Waals surface area contributed by atoms with Gasteiger partial charge in [0.15, 0.2) is 0 Å². The SMILES string of the molecule is CCCCCn1nnc2c1CC[C@@H]1[C@H](CC2)[C@@H]1COC(=O)NC. The topological polar surface area (TPSA) is 69.0 Å². The summed E-state index contributed by atoms with van der Waals surface area (Å²) in [5, 5.41) is 11.3. The van der Waals surface area contributed by atoms with Gasteiger partial charge in [-0.15, -0.1) is 5.10 Å². The Balaban J connectivity index is 1.55. The lowest BCUT2D eigenvalue weighted by Gasteiger charge is -2.10. The summed E-state index contributed by atoms with van der Waals surface area (Å²) >= 11 is 0. The van der Waals surface area contributed by atoms with Crippen LogP contribution >= 0.6 is 0 Å². The van der Waals surface area contributed by atoms with Crippen LogP contribution in [0.3, 0.4) is 0 Å². The van der Waals surface area contributed by atoms with E-state index in [0.29, 0.717) is 24.4 Å². The Morgan fingerprint density at radius 3 is 2.83 bits per heavy atom. The Morgan fingerprint density at radius 2 is 2.09 bits per heavy atom. The first-order valence-corrected chi connectivity index (χ1v) is 9.00. The molecule has 0 aliphatic heterocycles. The van der Waals surface area contributed by atoms with E-state index in [0.717, 1.165) is 25.8 Å². The van der Waals surface area contributed by atoms with E-state index < -0.39 is 0 Å². The van der Waals surface area contributed by atoms with Crippen molar-refractivity contribution in [1.29, 1.82) is 0 Å². The molecule has 0 aromatic carbocycles. The highest BCUT2D eigenvalue weighted by Crippen LogP contribution is 2.52. The lowest BCUT2D eigenvalue weighted by Crippen LogP contribution is -2.20. The highest BCUT2D eigenvalue weighted by atomic mass is 16.5. The predicted molar refractivity (Wildman–Crippen MR) is 87.1 cm³/mol. The molecule has 2 aliphatic carbocycles. The number of ether oxygens (including phenoxy) is 1. The van der Waals surface area contributed by atoms with Crippen LogP contribution in [0.25, 0.3) is 0 Å². The van der Waals surface area contributed by atoms with Crippen LogP contribution in [0.2, 0.25) is 0 Å². The van der Waals surface area contributed by atoms with E-state index in [1.165, 1.54) is 37.1 Å². The van der Waals surface area contributed by atoms with Crippen LogP contribution in [0.4, 0.5) is 4.79 Å². The minimum Gasteiger partial charge on any atom is -0.449 e. The van der Waals surface area contributed by atoms with Crippen molar-refractivity contribution >= 4 is 6.09 Å². The van der Waals surface area contributed by atoms with Gasteiger partial charge in [-0.05, 0) is 49.9 Å². The number of unbranched alkanes of at least 4 members (excludes halogenated alkanes) is 2. The molecule has 1 amide bonds. The number of hydrogen-bond donors (Lipinski definition) is 1. The smallest absolute Gasteiger partial charge is 0.406 e. The van der Waals surface area contributed by atoms with Crippen LogP contribution < -0.4 is 5.32 Å². The zero-order valence-corrected chi connectivity index (χ0v) is 14.3. The van der Waals surface area contributed by atoms with Gasteiger partial charge in [0.2, 0.25) is 0 Å². The predicted octanol–water partition coefficient (Wildman–Crippen LogP) is 2.57. The molecule has 23 heavy (non-hydrogen) atoms. The van der Waals surface area contributed by atoms with Crippen molar-refractivity contribution in [3.05, 3.63) is 11.4 Å². The van der Waals surface area contributed by atoms with Gasteiger partial charge in [0.05, 0.1) is 18.0 Å². The number of nitrogens with one attached hydrogen (secondary N) is 1. The van der Waals surface area contributed by atoms with Crippen molar-refractivity contribution in [3.63, 3.8) is 0 Å². The number of aromatic nitrogens is 3. The fraction of sp³-hybridized carbons (Fsp3) is 0.824. The average Bonchev–Trinajstić information content (AvgIpc) is 3.06. The van der Waals surface area contributed by atoms with Crippen LogP contribution in [-0.4, -0.2) is 34.7 Å². The summed E-state index contributed by atoms with van der Waals surface area (Å²) in [5.74, 6) is 1.93. The number of amides is 1. The molecule has 0 bridgehead atoms. The summed E-state index contributed by atoms with van der Waals surface area (Å²) in [4.78, 5) is 11.2. The summed E-state index contributed by atoms with van der Waals surface area (Å²) < 4.78 is 7.38. The maximum Gasteiger partial charge on any atom is 0.406 e. The maximum absolute atomic E-state index is 11.2. The monoisotopic (exact) mass is 320 g/mol. The number of carbonyl (C=O) groups is 1. The zero-order valence-electron chi connectivity index (χ0n) is 14.3. The zero-order chi connectivity index (χ0) is 16.2.